The van der Waals surface area contributed by atoms with Crippen LogP contribution < -0.4 is 15.4 Å². The minimum atomic E-state index is -4.17. The van der Waals surface area contributed by atoms with Gasteiger partial charge in [0.1, 0.15) is 16.3 Å². The van der Waals surface area contributed by atoms with Gasteiger partial charge in [-0.2, -0.15) is 0 Å². The lowest BCUT2D eigenvalue weighted by molar-refractivity contribution is 0.0232. The third-order valence-electron chi connectivity index (χ3n) is 5.39. The first kappa shape index (κ1) is 28.4. The number of amides is 1. The minimum Gasteiger partial charge on any atom is -0.444 e. The number of ether oxygens (including phenoxy) is 1. The predicted octanol–water partition coefficient (Wildman–Crippen LogP) is 4.92. The molecule has 9 nitrogen and oxygen atoms in total. The van der Waals surface area contributed by atoms with Gasteiger partial charge in [0.05, 0.1) is 10.7 Å². The fraction of sp³-hybridized carbons (Fsp3) is 0.565. The van der Waals surface area contributed by atoms with Crippen molar-refractivity contribution in [2.75, 3.05) is 36.2 Å². The fourth-order valence-electron chi connectivity index (χ4n) is 3.73. The highest BCUT2D eigenvalue weighted by molar-refractivity contribution is 7.93. The molecule has 1 aliphatic heterocycles. The summed E-state index contributed by atoms with van der Waals surface area (Å²) in [6.07, 6.45) is 4.60. The van der Waals surface area contributed by atoms with Crippen molar-refractivity contribution >= 4 is 49.9 Å². The number of hydrogen-bond donors (Lipinski definition) is 3. The average Bonchev–Trinajstić information content (AvgIpc) is 3.47. The van der Waals surface area contributed by atoms with Gasteiger partial charge in [-0.05, 0) is 65.1 Å². The van der Waals surface area contributed by atoms with Crippen molar-refractivity contribution in [1.29, 1.82) is 0 Å². The summed E-state index contributed by atoms with van der Waals surface area (Å²) in [6, 6.07) is 2.41. The van der Waals surface area contributed by atoms with E-state index in [0.29, 0.717) is 38.2 Å². The Morgan fingerprint density at radius 1 is 1.36 bits per heavy atom. The quantitative estimate of drug-likeness (QED) is 0.334. The number of nitrogens with one attached hydrogen (secondary N) is 3. The van der Waals surface area contributed by atoms with Crippen LogP contribution in [0.2, 0.25) is 5.02 Å². The van der Waals surface area contributed by atoms with Gasteiger partial charge < -0.3 is 20.3 Å². The summed E-state index contributed by atoms with van der Waals surface area (Å²) in [6.45, 7) is 8.06. The van der Waals surface area contributed by atoms with Crippen molar-refractivity contribution in [3.8, 4) is 0 Å². The number of sulfonamides is 1. The summed E-state index contributed by atoms with van der Waals surface area (Å²) < 4.78 is 47.5. The van der Waals surface area contributed by atoms with Crippen molar-refractivity contribution in [1.82, 2.24) is 15.2 Å². The number of nitrogens with zero attached hydrogens (tertiary/aromatic N) is 2. The Balaban J connectivity index is 1.53. The average molecular weight is 562 g/mol. The summed E-state index contributed by atoms with van der Waals surface area (Å²) in [5.74, 6) is -0.925. The number of aromatic nitrogens is 1. The first-order valence-electron chi connectivity index (χ1n) is 11.8. The van der Waals surface area contributed by atoms with E-state index in [1.807, 2.05) is 20.8 Å². The van der Waals surface area contributed by atoms with Crippen LogP contribution >= 0.6 is 22.9 Å². The predicted molar refractivity (Wildman–Crippen MR) is 141 cm³/mol. The van der Waals surface area contributed by atoms with E-state index in [-0.39, 0.29) is 22.3 Å². The summed E-state index contributed by atoms with van der Waals surface area (Å²) >= 11 is 7.32. The maximum atomic E-state index is 14.7. The molecule has 1 aromatic heterocycles. The van der Waals surface area contributed by atoms with Crippen LogP contribution in [0.3, 0.4) is 0 Å². The van der Waals surface area contributed by atoms with Crippen molar-refractivity contribution in [2.45, 2.75) is 63.0 Å². The SMILES string of the molecule is CC(C)(C)OC(=O)N(CCCCNc1cc(F)c(S(=O)(=O)Nc2nccs2)cc1Cl)CC1CCCN1. The molecule has 1 aromatic carbocycles. The fourth-order valence-corrected chi connectivity index (χ4v) is 5.90. The number of carbonyl (C=O) groups is 1. The molecule has 0 radical (unpaired) electrons. The molecule has 0 aliphatic carbocycles. The monoisotopic (exact) mass is 561 g/mol. The lowest BCUT2D eigenvalue weighted by Crippen LogP contribution is -2.44. The molecule has 1 atom stereocenters. The number of hydrogen-bond acceptors (Lipinski definition) is 8. The van der Waals surface area contributed by atoms with Crippen molar-refractivity contribution in [2.24, 2.45) is 0 Å². The Hall–Kier alpha value is -2.15. The molecule has 3 rings (SSSR count). The van der Waals surface area contributed by atoms with Gasteiger partial charge in [0.25, 0.3) is 10.0 Å². The van der Waals surface area contributed by atoms with Gasteiger partial charge in [-0.15, -0.1) is 11.3 Å². The number of thiazole rings is 1. The molecule has 1 unspecified atom stereocenters. The maximum Gasteiger partial charge on any atom is 0.410 e. The Labute approximate surface area is 220 Å². The van der Waals surface area contributed by atoms with E-state index in [4.69, 9.17) is 16.3 Å². The van der Waals surface area contributed by atoms with Crippen molar-refractivity contribution < 1.29 is 22.3 Å². The van der Waals surface area contributed by atoms with Crippen LogP contribution in [0.5, 0.6) is 0 Å². The van der Waals surface area contributed by atoms with Crippen LogP contribution in [0.15, 0.2) is 28.6 Å². The lowest BCUT2D eigenvalue weighted by atomic mass is 10.2. The van der Waals surface area contributed by atoms with E-state index in [1.165, 1.54) is 6.20 Å². The highest BCUT2D eigenvalue weighted by Gasteiger charge is 2.26. The van der Waals surface area contributed by atoms with Crippen LogP contribution in [-0.4, -0.2) is 62.2 Å². The summed E-state index contributed by atoms with van der Waals surface area (Å²) in [7, 11) is -4.17. The number of benzene rings is 1. The number of halogens is 2. The van der Waals surface area contributed by atoms with Crippen LogP contribution in [0.4, 0.5) is 20.0 Å². The molecule has 36 heavy (non-hydrogen) atoms. The van der Waals surface area contributed by atoms with E-state index in [9.17, 15) is 17.6 Å². The highest BCUT2D eigenvalue weighted by atomic mass is 35.5. The first-order valence-corrected chi connectivity index (χ1v) is 14.6. The zero-order chi connectivity index (χ0) is 26.3. The van der Waals surface area contributed by atoms with Gasteiger partial charge in [-0.1, -0.05) is 11.6 Å². The smallest absolute Gasteiger partial charge is 0.410 e. The first-order chi connectivity index (χ1) is 16.9. The number of anilines is 2. The second kappa shape index (κ2) is 12.4. The largest absolute Gasteiger partial charge is 0.444 e. The summed E-state index contributed by atoms with van der Waals surface area (Å²) in [5.41, 5.74) is -0.280. The zero-order valence-electron chi connectivity index (χ0n) is 20.6. The molecule has 0 spiro atoms. The third kappa shape index (κ3) is 8.46. The normalized spacial score (nSPS) is 16.1. The number of rotatable bonds is 11. The van der Waals surface area contributed by atoms with Gasteiger partial charge in [-0.25, -0.2) is 22.6 Å². The van der Waals surface area contributed by atoms with E-state index >= 15 is 0 Å². The lowest BCUT2D eigenvalue weighted by Gasteiger charge is -2.29. The Bertz CT molecular complexity index is 1120. The number of unbranched alkanes of at least 4 members (excludes halogenated alkanes) is 1. The van der Waals surface area contributed by atoms with Crippen LogP contribution in [-0.2, 0) is 14.8 Å². The Morgan fingerprint density at radius 2 is 2.14 bits per heavy atom. The standard InChI is InChI=1S/C23H33ClFN5O4S2/c1-23(2,3)34-22(31)30(15-16-7-6-9-26-16)11-5-4-8-27-19-14-18(25)20(13-17(19)24)36(32,33)29-21-28-10-12-35-21/h10,12-14,16,26-27H,4-9,11,15H2,1-3H3,(H,28,29). The molecule has 200 valence electrons. The molecular weight excluding hydrogens is 529 g/mol. The molecule has 13 heteroatoms. The topological polar surface area (TPSA) is 113 Å². The number of carbonyl (C=O) groups excluding carboxylic acids is 1. The molecule has 3 N–H and O–H groups in total. The third-order valence-corrected chi connectivity index (χ3v) is 7.87. The van der Waals surface area contributed by atoms with E-state index in [2.05, 4.69) is 20.3 Å². The van der Waals surface area contributed by atoms with Gasteiger partial charge >= 0.3 is 6.09 Å². The van der Waals surface area contributed by atoms with E-state index in [0.717, 1.165) is 42.9 Å². The van der Waals surface area contributed by atoms with Gasteiger partial charge in [0.2, 0.25) is 0 Å². The van der Waals surface area contributed by atoms with E-state index < -0.39 is 26.3 Å². The minimum absolute atomic E-state index is 0.0820. The Morgan fingerprint density at radius 3 is 2.78 bits per heavy atom. The highest BCUT2D eigenvalue weighted by Crippen LogP contribution is 2.29. The van der Waals surface area contributed by atoms with Gasteiger partial charge in [0, 0.05) is 37.3 Å². The Kier molecular flexibility index (Phi) is 9.79. The second-order valence-electron chi connectivity index (χ2n) is 9.56. The van der Waals surface area contributed by atoms with Gasteiger partial charge in [-0.3, -0.25) is 4.72 Å². The van der Waals surface area contributed by atoms with Crippen molar-refractivity contribution in [3.05, 3.63) is 34.5 Å². The molecule has 2 aromatic rings. The van der Waals surface area contributed by atoms with Crippen LogP contribution in [0.1, 0.15) is 46.5 Å². The molecule has 1 aliphatic rings. The molecule has 0 bridgehead atoms. The molecule has 1 fully saturated rings. The van der Waals surface area contributed by atoms with E-state index in [1.54, 1.807) is 10.3 Å². The second-order valence-corrected chi connectivity index (χ2v) is 12.5. The molecule has 2 heterocycles. The van der Waals surface area contributed by atoms with Crippen LogP contribution in [0.25, 0.3) is 0 Å². The molecule has 1 amide bonds. The van der Waals surface area contributed by atoms with Crippen molar-refractivity contribution in [3.63, 3.8) is 0 Å². The molecule has 0 saturated carbocycles. The van der Waals surface area contributed by atoms with Crippen LogP contribution in [0, 0.1) is 5.82 Å². The molecular formula is C23H33ClFN5O4S2. The zero-order valence-corrected chi connectivity index (χ0v) is 23.0. The summed E-state index contributed by atoms with van der Waals surface area (Å²) in [5, 5.41) is 8.27. The molecule has 1 saturated heterocycles. The van der Waals surface area contributed by atoms with Gasteiger partial charge in [0.15, 0.2) is 5.13 Å². The maximum absolute atomic E-state index is 14.7. The summed E-state index contributed by atoms with van der Waals surface area (Å²) in [4.78, 5) is 17.7.